The van der Waals surface area contributed by atoms with E-state index in [4.69, 9.17) is 25.7 Å². The van der Waals surface area contributed by atoms with Gasteiger partial charge in [-0.05, 0) is 36.0 Å². The number of carbonyl (C=O) groups is 6. The van der Waals surface area contributed by atoms with Crippen molar-refractivity contribution in [2.75, 3.05) is 0 Å². The van der Waals surface area contributed by atoms with Crippen molar-refractivity contribution in [1.82, 2.24) is 10.6 Å². The average Bonchev–Trinajstić information content (AvgIpc) is 3.12. The summed E-state index contributed by atoms with van der Waals surface area (Å²) in [5, 5.41) is 4.95. The van der Waals surface area contributed by atoms with E-state index >= 15 is 0 Å². The van der Waals surface area contributed by atoms with Gasteiger partial charge in [0.2, 0.25) is 17.7 Å². The van der Waals surface area contributed by atoms with E-state index in [9.17, 15) is 28.8 Å². The van der Waals surface area contributed by atoms with E-state index in [-0.39, 0.29) is 58.3 Å². The molecular weight excluding hydrogens is 632 g/mol. The van der Waals surface area contributed by atoms with Crippen molar-refractivity contribution in [3.05, 3.63) is 108 Å². The zero-order valence-electron chi connectivity index (χ0n) is 27.1. The zero-order valence-corrected chi connectivity index (χ0v) is 27.1. The van der Waals surface area contributed by atoms with E-state index in [1.54, 1.807) is 60.7 Å². The maximum absolute atomic E-state index is 13.3. The number of benzene rings is 3. The van der Waals surface area contributed by atoms with Crippen LogP contribution in [0.25, 0.3) is 0 Å². The molecule has 0 saturated carbocycles. The molecule has 3 rings (SSSR count). The molecule has 3 aromatic carbocycles. The van der Waals surface area contributed by atoms with E-state index in [1.165, 1.54) is 0 Å². The summed E-state index contributed by atoms with van der Waals surface area (Å²) in [5.74, 6) is -4.32. The Labute approximate surface area is 284 Å². The number of ether oxygens (including phenoxy) is 3. The van der Waals surface area contributed by atoms with Crippen LogP contribution in [0.4, 0.5) is 0 Å². The van der Waals surface area contributed by atoms with Gasteiger partial charge in [-0.2, -0.15) is 0 Å². The van der Waals surface area contributed by atoms with E-state index < -0.39 is 53.8 Å². The van der Waals surface area contributed by atoms with Gasteiger partial charge in [0, 0.05) is 19.3 Å². The van der Waals surface area contributed by atoms with Crippen LogP contribution in [0.1, 0.15) is 55.2 Å². The number of amides is 3. The van der Waals surface area contributed by atoms with Crippen LogP contribution in [0.15, 0.2) is 91.0 Å². The van der Waals surface area contributed by atoms with Gasteiger partial charge in [-0.25, -0.2) is 0 Å². The third kappa shape index (κ3) is 14.8. The molecule has 0 aliphatic carbocycles. The number of esters is 3. The number of hydrogen-bond donors (Lipinski definition) is 4. The molecule has 13 heteroatoms. The maximum atomic E-state index is 13.3. The Bertz CT molecular complexity index is 1520. The van der Waals surface area contributed by atoms with Gasteiger partial charge in [-0.1, -0.05) is 91.0 Å². The molecule has 49 heavy (non-hydrogen) atoms. The molecule has 0 unspecified atom stereocenters. The highest BCUT2D eigenvalue weighted by molar-refractivity contribution is 5.93. The third-order valence-electron chi connectivity index (χ3n) is 7.29. The summed E-state index contributed by atoms with van der Waals surface area (Å²) in [5.41, 5.74) is 13.9. The minimum atomic E-state index is -1.33. The third-order valence-corrected chi connectivity index (χ3v) is 7.29. The SMILES string of the molecule is NC(=O)[C@H](CCC(=O)OCc1ccccc1)NC(=O)[C@@H](CCC(=O)OCc1ccccc1)NC(=O)[C@H](N)CCC(=O)OCc1ccccc1. The summed E-state index contributed by atoms with van der Waals surface area (Å²) in [6, 6.07) is 23.2. The van der Waals surface area contributed by atoms with E-state index in [0.29, 0.717) is 0 Å². The van der Waals surface area contributed by atoms with Gasteiger partial charge in [-0.15, -0.1) is 0 Å². The highest BCUT2D eigenvalue weighted by Gasteiger charge is 2.29. The predicted octanol–water partition coefficient (Wildman–Crippen LogP) is 2.34. The first-order valence-corrected chi connectivity index (χ1v) is 15.8. The van der Waals surface area contributed by atoms with Crippen LogP contribution in [0.2, 0.25) is 0 Å². The van der Waals surface area contributed by atoms with Crippen LogP contribution in [0.3, 0.4) is 0 Å². The van der Waals surface area contributed by atoms with Crippen molar-refractivity contribution in [3.8, 4) is 0 Å². The molecule has 0 heterocycles. The summed E-state index contributed by atoms with van der Waals surface area (Å²) >= 11 is 0. The molecule has 0 spiro atoms. The Morgan fingerprint density at radius 3 is 1.24 bits per heavy atom. The van der Waals surface area contributed by atoms with Crippen molar-refractivity contribution in [1.29, 1.82) is 0 Å². The topological polar surface area (TPSA) is 206 Å². The Balaban J connectivity index is 1.56. The van der Waals surface area contributed by atoms with Crippen molar-refractivity contribution in [2.24, 2.45) is 11.5 Å². The van der Waals surface area contributed by atoms with Gasteiger partial charge in [-0.3, -0.25) is 28.8 Å². The standard InChI is InChI=1S/C36H42N4O9/c37-28(16-19-31(41)47-22-25-10-4-1-5-11-25)35(45)40-30(18-21-33(43)49-24-27-14-8-3-9-15-27)36(46)39-29(34(38)44)17-20-32(42)48-23-26-12-6-2-7-13-26/h1-15,28-30H,16-24,37H2,(H2,38,44)(H,39,46)(H,40,45)/t28-,29+,30-/m1/s1. The Morgan fingerprint density at radius 2 is 0.857 bits per heavy atom. The monoisotopic (exact) mass is 674 g/mol. The Kier molecular flexibility index (Phi) is 16.0. The predicted molar refractivity (Wildman–Crippen MR) is 177 cm³/mol. The van der Waals surface area contributed by atoms with Crippen molar-refractivity contribution in [3.63, 3.8) is 0 Å². The largest absolute Gasteiger partial charge is 0.461 e. The van der Waals surface area contributed by atoms with E-state index in [0.717, 1.165) is 16.7 Å². The van der Waals surface area contributed by atoms with Gasteiger partial charge in [0.1, 0.15) is 31.9 Å². The molecule has 13 nitrogen and oxygen atoms in total. The molecule has 0 saturated heterocycles. The van der Waals surface area contributed by atoms with Gasteiger partial charge in [0.15, 0.2) is 0 Å². The summed E-state index contributed by atoms with van der Waals surface area (Å²) in [7, 11) is 0. The van der Waals surface area contributed by atoms with Crippen LogP contribution < -0.4 is 22.1 Å². The van der Waals surface area contributed by atoms with Gasteiger partial charge >= 0.3 is 17.9 Å². The highest BCUT2D eigenvalue weighted by atomic mass is 16.5. The lowest BCUT2D eigenvalue weighted by molar-refractivity contribution is -0.146. The molecule has 3 amide bonds. The fourth-order valence-corrected chi connectivity index (χ4v) is 4.46. The number of carbonyl (C=O) groups excluding carboxylic acids is 6. The highest BCUT2D eigenvalue weighted by Crippen LogP contribution is 2.09. The second-order valence-electron chi connectivity index (χ2n) is 11.2. The summed E-state index contributed by atoms with van der Waals surface area (Å²) in [4.78, 5) is 75.5. The molecule has 3 aromatic rings. The molecule has 260 valence electrons. The summed E-state index contributed by atoms with van der Waals surface area (Å²) < 4.78 is 15.7. The second-order valence-corrected chi connectivity index (χ2v) is 11.2. The van der Waals surface area contributed by atoms with Crippen LogP contribution in [-0.4, -0.2) is 53.8 Å². The second kappa shape index (κ2) is 20.6. The number of primary amides is 1. The van der Waals surface area contributed by atoms with Crippen molar-refractivity contribution < 1.29 is 43.0 Å². The van der Waals surface area contributed by atoms with Gasteiger partial charge in [0.25, 0.3) is 0 Å². The first-order chi connectivity index (χ1) is 23.6. The van der Waals surface area contributed by atoms with Gasteiger partial charge in [0.05, 0.1) is 6.04 Å². The molecule has 0 bridgehead atoms. The zero-order chi connectivity index (χ0) is 35.4. The molecule has 0 radical (unpaired) electrons. The fourth-order valence-electron chi connectivity index (χ4n) is 4.46. The Hall–Kier alpha value is -5.56. The first kappa shape index (κ1) is 37.9. The minimum absolute atomic E-state index is 0.0122. The number of nitrogens with two attached hydrogens (primary N) is 2. The molecular formula is C36H42N4O9. The van der Waals surface area contributed by atoms with Crippen LogP contribution in [0, 0.1) is 0 Å². The maximum Gasteiger partial charge on any atom is 0.306 e. The first-order valence-electron chi connectivity index (χ1n) is 15.8. The van der Waals surface area contributed by atoms with Crippen molar-refractivity contribution >= 4 is 35.6 Å². The van der Waals surface area contributed by atoms with Crippen molar-refractivity contribution in [2.45, 2.75) is 76.5 Å². The molecule has 0 aromatic heterocycles. The lowest BCUT2D eigenvalue weighted by Gasteiger charge is -2.23. The molecule has 3 atom stereocenters. The van der Waals surface area contributed by atoms with E-state index in [1.807, 2.05) is 30.3 Å². The fraction of sp³-hybridized carbons (Fsp3) is 0.333. The average molecular weight is 675 g/mol. The number of nitrogens with one attached hydrogen (secondary N) is 2. The number of hydrogen-bond acceptors (Lipinski definition) is 10. The normalized spacial score (nSPS) is 12.4. The van der Waals surface area contributed by atoms with E-state index in [2.05, 4.69) is 10.6 Å². The molecule has 0 aliphatic rings. The lowest BCUT2D eigenvalue weighted by atomic mass is 10.1. The summed E-state index contributed by atoms with van der Waals surface area (Å²) in [6.07, 6.45) is -1.11. The molecule has 0 fully saturated rings. The molecule has 0 aliphatic heterocycles. The summed E-state index contributed by atoms with van der Waals surface area (Å²) in [6.45, 7) is 0.112. The van der Waals surface area contributed by atoms with Crippen LogP contribution >= 0.6 is 0 Å². The lowest BCUT2D eigenvalue weighted by Crippen LogP contribution is -2.55. The minimum Gasteiger partial charge on any atom is -0.461 e. The quantitative estimate of drug-likeness (QED) is 0.102. The van der Waals surface area contributed by atoms with Crippen LogP contribution in [-0.2, 0) is 62.8 Å². The van der Waals surface area contributed by atoms with Gasteiger partial charge < -0.3 is 36.3 Å². The smallest absolute Gasteiger partial charge is 0.306 e. The Morgan fingerprint density at radius 1 is 0.510 bits per heavy atom. The molecule has 6 N–H and O–H groups in total. The van der Waals surface area contributed by atoms with Crippen LogP contribution in [0.5, 0.6) is 0 Å². The number of rotatable bonds is 20.